The topological polar surface area (TPSA) is 128 Å². The van der Waals surface area contributed by atoms with Crippen LogP contribution in [-0.4, -0.2) is 71.0 Å². The van der Waals surface area contributed by atoms with Gasteiger partial charge >= 0.3 is 5.97 Å². The maximum absolute atomic E-state index is 13.5. The Kier molecular flexibility index (Phi) is 10.1. The fourth-order valence-electron chi connectivity index (χ4n) is 5.46. The number of aliphatic carboxylic acids is 1. The van der Waals surface area contributed by atoms with Crippen molar-refractivity contribution in [2.45, 2.75) is 75.5 Å². The van der Waals surface area contributed by atoms with Crippen molar-refractivity contribution in [2.75, 3.05) is 13.1 Å². The molecule has 2 saturated heterocycles. The average Bonchev–Trinajstić information content (AvgIpc) is 3.44. The van der Waals surface area contributed by atoms with E-state index in [0.29, 0.717) is 25.8 Å². The summed E-state index contributed by atoms with van der Waals surface area (Å²) in [6.07, 6.45) is 4.48. The average molecular weight is 535 g/mol. The van der Waals surface area contributed by atoms with Crippen LogP contribution in [0, 0.1) is 0 Å². The van der Waals surface area contributed by atoms with E-state index in [1.807, 2.05) is 60.7 Å². The van der Waals surface area contributed by atoms with Crippen LogP contribution in [0.4, 0.5) is 0 Å². The lowest BCUT2D eigenvalue weighted by Crippen LogP contribution is -2.54. The van der Waals surface area contributed by atoms with Gasteiger partial charge < -0.3 is 26.0 Å². The number of piperidine rings is 1. The van der Waals surface area contributed by atoms with Crippen LogP contribution in [0.3, 0.4) is 0 Å². The monoisotopic (exact) mass is 534 g/mol. The normalized spacial score (nSPS) is 20.6. The van der Waals surface area contributed by atoms with E-state index in [1.54, 1.807) is 0 Å². The van der Waals surface area contributed by atoms with Crippen molar-refractivity contribution in [2.24, 2.45) is 0 Å². The molecule has 2 aromatic carbocycles. The van der Waals surface area contributed by atoms with Crippen LogP contribution in [0.25, 0.3) is 0 Å². The molecule has 4 unspecified atom stereocenters. The molecule has 0 aromatic heterocycles. The molecule has 208 valence electrons. The highest BCUT2D eigenvalue weighted by Gasteiger charge is 2.38. The van der Waals surface area contributed by atoms with E-state index in [-0.39, 0.29) is 30.7 Å². The molecule has 0 radical (unpaired) electrons. The minimum absolute atomic E-state index is 0.00567. The smallest absolute Gasteiger partial charge is 0.326 e. The zero-order valence-electron chi connectivity index (χ0n) is 22.2. The molecule has 4 rings (SSSR count). The maximum atomic E-state index is 13.5. The lowest BCUT2D eigenvalue weighted by Gasteiger charge is -2.29. The number of nitrogens with zero attached hydrogens (tertiary/aromatic N) is 1. The Morgan fingerprint density at radius 3 is 2.15 bits per heavy atom. The fraction of sp³-hybridized carbons (Fsp3) is 0.467. The zero-order valence-corrected chi connectivity index (χ0v) is 22.2. The van der Waals surface area contributed by atoms with Crippen LogP contribution >= 0.6 is 0 Å². The van der Waals surface area contributed by atoms with Crippen molar-refractivity contribution in [3.8, 4) is 0 Å². The maximum Gasteiger partial charge on any atom is 0.326 e. The lowest BCUT2D eigenvalue weighted by atomic mass is 9.99. The highest BCUT2D eigenvalue weighted by Crippen LogP contribution is 2.20. The SMILES string of the molecule is O=C(CC(Cc1ccccc1)NC(=O)C1CCCCN1)NC(Cc1ccccc1)C(=O)N1CCCC1C(=O)O. The summed E-state index contributed by atoms with van der Waals surface area (Å²) in [6, 6.07) is 16.5. The van der Waals surface area contributed by atoms with E-state index in [1.165, 1.54) is 4.90 Å². The number of nitrogens with one attached hydrogen (secondary N) is 3. The Hall–Kier alpha value is -3.72. The number of rotatable bonds is 11. The fourth-order valence-corrected chi connectivity index (χ4v) is 5.46. The second kappa shape index (κ2) is 13.9. The number of carboxylic acids is 1. The third-order valence-corrected chi connectivity index (χ3v) is 7.47. The molecular weight excluding hydrogens is 496 g/mol. The zero-order chi connectivity index (χ0) is 27.6. The summed E-state index contributed by atoms with van der Waals surface area (Å²) in [4.78, 5) is 53.0. The first-order valence-corrected chi connectivity index (χ1v) is 13.8. The Balaban J connectivity index is 1.48. The predicted octanol–water partition coefficient (Wildman–Crippen LogP) is 2.05. The number of benzene rings is 2. The van der Waals surface area contributed by atoms with Crippen molar-refractivity contribution in [1.82, 2.24) is 20.9 Å². The Bertz CT molecular complexity index is 1120. The molecule has 4 N–H and O–H groups in total. The van der Waals surface area contributed by atoms with Gasteiger partial charge in [0, 0.05) is 25.4 Å². The van der Waals surface area contributed by atoms with E-state index in [2.05, 4.69) is 16.0 Å². The van der Waals surface area contributed by atoms with Gasteiger partial charge in [0.2, 0.25) is 17.7 Å². The molecular formula is C30H38N4O5. The molecule has 2 aliphatic rings. The number of hydrogen-bond acceptors (Lipinski definition) is 5. The first-order chi connectivity index (χ1) is 18.9. The highest BCUT2D eigenvalue weighted by molar-refractivity contribution is 5.91. The second-order valence-electron chi connectivity index (χ2n) is 10.4. The Morgan fingerprint density at radius 1 is 0.872 bits per heavy atom. The molecule has 2 aliphatic heterocycles. The first-order valence-electron chi connectivity index (χ1n) is 13.8. The summed E-state index contributed by atoms with van der Waals surface area (Å²) < 4.78 is 0. The van der Waals surface area contributed by atoms with Gasteiger partial charge in [-0.3, -0.25) is 14.4 Å². The standard InChI is InChI=1S/C30H38N4O5/c35-27(20-23(18-21-10-3-1-4-11-21)32-28(36)24-14-7-8-16-31-24)33-25(19-22-12-5-2-6-13-22)29(37)34-17-9-15-26(34)30(38)39/h1-6,10-13,23-26,31H,7-9,14-20H2,(H,32,36)(H,33,35)(H,38,39). The van der Waals surface area contributed by atoms with Gasteiger partial charge in [0.1, 0.15) is 12.1 Å². The summed E-state index contributed by atoms with van der Waals surface area (Å²) in [5.74, 6) is -1.92. The van der Waals surface area contributed by atoms with Gasteiger partial charge in [-0.25, -0.2) is 4.79 Å². The van der Waals surface area contributed by atoms with Gasteiger partial charge in [-0.1, -0.05) is 67.1 Å². The number of likely N-dealkylation sites (tertiary alicyclic amines) is 1. The molecule has 9 nitrogen and oxygen atoms in total. The molecule has 4 atom stereocenters. The number of carbonyl (C=O) groups excluding carboxylic acids is 3. The van der Waals surface area contributed by atoms with E-state index in [9.17, 15) is 24.3 Å². The van der Waals surface area contributed by atoms with Crippen molar-refractivity contribution >= 4 is 23.7 Å². The summed E-state index contributed by atoms with van der Waals surface area (Å²) in [5.41, 5.74) is 1.85. The highest BCUT2D eigenvalue weighted by atomic mass is 16.4. The van der Waals surface area contributed by atoms with E-state index in [0.717, 1.165) is 36.9 Å². The van der Waals surface area contributed by atoms with Gasteiger partial charge in [-0.2, -0.15) is 0 Å². The first kappa shape index (κ1) is 28.3. The molecule has 0 saturated carbocycles. The summed E-state index contributed by atoms with van der Waals surface area (Å²) in [5, 5.41) is 18.8. The van der Waals surface area contributed by atoms with Gasteiger partial charge in [-0.05, 0) is 49.8 Å². The second-order valence-corrected chi connectivity index (χ2v) is 10.4. The predicted molar refractivity (Wildman–Crippen MR) is 147 cm³/mol. The van der Waals surface area contributed by atoms with Crippen LogP contribution in [0.1, 0.15) is 49.7 Å². The van der Waals surface area contributed by atoms with Crippen molar-refractivity contribution in [1.29, 1.82) is 0 Å². The van der Waals surface area contributed by atoms with Crippen molar-refractivity contribution < 1.29 is 24.3 Å². The third kappa shape index (κ3) is 8.13. The quantitative estimate of drug-likeness (QED) is 0.349. The molecule has 9 heteroatoms. The third-order valence-electron chi connectivity index (χ3n) is 7.47. The van der Waals surface area contributed by atoms with Gasteiger partial charge in [0.15, 0.2) is 0 Å². The van der Waals surface area contributed by atoms with E-state index >= 15 is 0 Å². The minimum atomic E-state index is -1.03. The number of carbonyl (C=O) groups is 4. The summed E-state index contributed by atoms with van der Waals surface area (Å²) in [7, 11) is 0. The summed E-state index contributed by atoms with van der Waals surface area (Å²) >= 11 is 0. The Morgan fingerprint density at radius 2 is 1.54 bits per heavy atom. The Labute approximate surface area is 229 Å². The largest absolute Gasteiger partial charge is 0.480 e. The molecule has 0 bridgehead atoms. The van der Waals surface area contributed by atoms with Crippen LogP contribution in [-0.2, 0) is 32.0 Å². The molecule has 2 heterocycles. The molecule has 2 aromatic rings. The van der Waals surface area contributed by atoms with Crippen LogP contribution < -0.4 is 16.0 Å². The molecule has 2 fully saturated rings. The van der Waals surface area contributed by atoms with Crippen molar-refractivity contribution in [3.05, 3.63) is 71.8 Å². The van der Waals surface area contributed by atoms with Gasteiger partial charge in [-0.15, -0.1) is 0 Å². The van der Waals surface area contributed by atoms with Gasteiger partial charge in [0.25, 0.3) is 0 Å². The van der Waals surface area contributed by atoms with E-state index < -0.39 is 30.0 Å². The lowest BCUT2D eigenvalue weighted by molar-refractivity contribution is -0.149. The van der Waals surface area contributed by atoms with Crippen LogP contribution in [0.5, 0.6) is 0 Å². The molecule has 39 heavy (non-hydrogen) atoms. The molecule has 3 amide bonds. The van der Waals surface area contributed by atoms with Crippen LogP contribution in [0.15, 0.2) is 60.7 Å². The minimum Gasteiger partial charge on any atom is -0.480 e. The molecule has 0 spiro atoms. The van der Waals surface area contributed by atoms with Crippen LogP contribution in [0.2, 0.25) is 0 Å². The molecule has 0 aliphatic carbocycles. The van der Waals surface area contributed by atoms with Gasteiger partial charge in [0.05, 0.1) is 6.04 Å². The van der Waals surface area contributed by atoms with Crippen molar-refractivity contribution in [3.63, 3.8) is 0 Å². The number of amides is 3. The number of hydrogen-bond donors (Lipinski definition) is 4. The summed E-state index contributed by atoms with van der Waals surface area (Å²) in [6.45, 7) is 1.14. The number of carboxylic acid groups (broad SMARTS) is 1. The van der Waals surface area contributed by atoms with E-state index in [4.69, 9.17) is 0 Å².